The molecule has 2 aliphatic rings. The number of halogens is 1. The molecule has 4 aromatic rings. The van der Waals surface area contributed by atoms with Crippen molar-refractivity contribution >= 4 is 11.0 Å². The van der Waals surface area contributed by atoms with Crippen LogP contribution in [-0.2, 0) is 6.54 Å². The molecule has 0 aliphatic carbocycles. The van der Waals surface area contributed by atoms with Gasteiger partial charge in [0.1, 0.15) is 29.6 Å². The maximum absolute atomic E-state index is 14.3. The first-order valence-corrected chi connectivity index (χ1v) is 14.7. The van der Waals surface area contributed by atoms with Crippen LogP contribution in [0.4, 0.5) is 4.39 Å². The number of H-pyrrole nitrogens is 1. The molecule has 0 spiro atoms. The summed E-state index contributed by atoms with van der Waals surface area (Å²) in [6, 6.07) is 9.32. The predicted molar refractivity (Wildman–Crippen MR) is 157 cm³/mol. The van der Waals surface area contributed by atoms with E-state index in [1.54, 1.807) is 18.6 Å². The number of ether oxygens (including phenoxy) is 1. The lowest BCUT2D eigenvalue weighted by atomic mass is 10.1. The fraction of sp³-hybridized carbons (Fsp3) is 0.484. The summed E-state index contributed by atoms with van der Waals surface area (Å²) in [5.74, 6) is 0.381. The fourth-order valence-corrected chi connectivity index (χ4v) is 5.79. The molecule has 2 aliphatic heterocycles. The van der Waals surface area contributed by atoms with Gasteiger partial charge in [0.05, 0.1) is 30.4 Å². The van der Waals surface area contributed by atoms with E-state index in [9.17, 15) is 9.65 Å². The molecular weight excluding hydrogens is 519 g/mol. The fourth-order valence-electron chi connectivity index (χ4n) is 5.79. The molecule has 0 radical (unpaired) electrons. The van der Waals surface area contributed by atoms with Crippen LogP contribution < -0.4 is 4.74 Å². The van der Waals surface area contributed by atoms with Crippen LogP contribution >= 0.6 is 0 Å². The number of likely N-dealkylation sites (tertiary alicyclic amines) is 2. The van der Waals surface area contributed by atoms with E-state index in [0.717, 1.165) is 80.0 Å². The van der Waals surface area contributed by atoms with Crippen molar-refractivity contribution in [3.05, 3.63) is 60.6 Å². The standard InChI is InChI=1S/C29H33FN8O.C2H6/c30-23-13-21(17-36-9-1-2-10-36)14-26(15-23)39-25-5-11-37(12-6-25)19-24(3-7-31)38-18-22(16-35-38)28-27-4-8-32-29(27)34-20-33-28;1-2/h4,8,13-16,18,20,24-25H,1-3,5-6,9-12,17,19H2,(H,32,33,34);1-2H3. The Morgan fingerprint density at radius 3 is 2.68 bits per heavy atom. The minimum absolute atomic E-state index is 0.0509. The first-order valence-electron chi connectivity index (χ1n) is 14.7. The lowest BCUT2D eigenvalue weighted by Gasteiger charge is -2.34. The van der Waals surface area contributed by atoms with E-state index in [1.807, 2.05) is 43.1 Å². The monoisotopic (exact) mass is 558 g/mol. The number of benzene rings is 1. The minimum atomic E-state index is -0.240. The summed E-state index contributed by atoms with van der Waals surface area (Å²) < 4.78 is 22.4. The Morgan fingerprint density at radius 1 is 1.10 bits per heavy atom. The Labute approximate surface area is 241 Å². The van der Waals surface area contributed by atoms with Gasteiger partial charge in [0.25, 0.3) is 0 Å². The van der Waals surface area contributed by atoms with Gasteiger partial charge in [-0.25, -0.2) is 14.4 Å². The molecular formula is C31H39FN8O. The summed E-state index contributed by atoms with van der Waals surface area (Å²) in [7, 11) is 0. The third-order valence-corrected chi connectivity index (χ3v) is 7.77. The average Bonchev–Trinajstić information content (AvgIpc) is 3.77. The third kappa shape index (κ3) is 7.10. The van der Waals surface area contributed by atoms with E-state index in [-0.39, 0.29) is 18.0 Å². The predicted octanol–water partition coefficient (Wildman–Crippen LogP) is 5.58. The van der Waals surface area contributed by atoms with Gasteiger partial charge < -0.3 is 14.6 Å². The van der Waals surface area contributed by atoms with Crippen LogP contribution in [0.25, 0.3) is 22.3 Å². The van der Waals surface area contributed by atoms with Crippen molar-refractivity contribution in [1.29, 1.82) is 5.26 Å². The number of nitrogens with one attached hydrogen (secondary N) is 1. The van der Waals surface area contributed by atoms with Crippen molar-refractivity contribution in [1.82, 2.24) is 34.5 Å². The molecule has 0 bridgehead atoms. The summed E-state index contributed by atoms with van der Waals surface area (Å²) >= 11 is 0. The highest BCUT2D eigenvalue weighted by Gasteiger charge is 2.25. The van der Waals surface area contributed by atoms with Crippen LogP contribution in [0.15, 0.2) is 49.2 Å². The van der Waals surface area contributed by atoms with Crippen LogP contribution in [-0.4, -0.2) is 73.4 Å². The second kappa shape index (κ2) is 13.7. The maximum Gasteiger partial charge on any atom is 0.141 e. The second-order valence-corrected chi connectivity index (χ2v) is 10.6. The van der Waals surface area contributed by atoms with Gasteiger partial charge in [-0.1, -0.05) is 13.8 Å². The highest BCUT2D eigenvalue weighted by Crippen LogP contribution is 2.27. The number of aromatic nitrogens is 5. The van der Waals surface area contributed by atoms with Crippen molar-refractivity contribution in [3.63, 3.8) is 0 Å². The molecule has 0 saturated carbocycles. The number of nitriles is 1. The highest BCUT2D eigenvalue weighted by atomic mass is 19.1. The molecule has 41 heavy (non-hydrogen) atoms. The summed E-state index contributed by atoms with van der Waals surface area (Å²) in [4.78, 5) is 16.6. The summed E-state index contributed by atoms with van der Waals surface area (Å²) in [6.07, 6.45) is 11.7. The van der Waals surface area contributed by atoms with Crippen LogP contribution in [0.2, 0.25) is 0 Å². The molecule has 216 valence electrons. The molecule has 1 aromatic carbocycles. The van der Waals surface area contributed by atoms with Crippen LogP contribution in [0, 0.1) is 17.1 Å². The zero-order valence-corrected chi connectivity index (χ0v) is 24.0. The number of nitrogens with zero attached hydrogens (tertiary/aromatic N) is 7. The Morgan fingerprint density at radius 2 is 1.90 bits per heavy atom. The Kier molecular flexibility index (Phi) is 9.59. The van der Waals surface area contributed by atoms with Gasteiger partial charge >= 0.3 is 0 Å². The Bertz CT molecular complexity index is 1450. The zero-order valence-electron chi connectivity index (χ0n) is 24.0. The van der Waals surface area contributed by atoms with E-state index >= 15 is 0 Å². The second-order valence-electron chi connectivity index (χ2n) is 10.6. The topological polar surface area (TPSA) is 98.9 Å². The summed E-state index contributed by atoms with van der Waals surface area (Å²) in [6.45, 7) is 9.36. The lowest BCUT2D eigenvalue weighted by molar-refractivity contribution is 0.0908. The van der Waals surface area contributed by atoms with Gasteiger partial charge in [-0.15, -0.1) is 0 Å². The average molecular weight is 559 g/mol. The third-order valence-electron chi connectivity index (χ3n) is 7.77. The molecule has 10 heteroatoms. The van der Waals surface area contributed by atoms with E-state index in [1.165, 1.54) is 18.9 Å². The quantitative estimate of drug-likeness (QED) is 0.286. The van der Waals surface area contributed by atoms with Crippen molar-refractivity contribution in [2.75, 3.05) is 32.7 Å². The van der Waals surface area contributed by atoms with Crippen molar-refractivity contribution in [3.8, 4) is 23.1 Å². The van der Waals surface area contributed by atoms with E-state index in [2.05, 4.69) is 35.9 Å². The van der Waals surface area contributed by atoms with Crippen LogP contribution in [0.5, 0.6) is 5.75 Å². The molecule has 0 amide bonds. The molecule has 2 saturated heterocycles. The number of rotatable bonds is 9. The first kappa shape index (κ1) is 28.7. The van der Waals surface area contributed by atoms with E-state index in [4.69, 9.17) is 4.74 Å². The zero-order chi connectivity index (χ0) is 28.6. The number of hydrogen-bond donors (Lipinski definition) is 1. The van der Waals surface area contributed by atoms with Crippen molar-refractivity contribution in [2.24, 2.45) is 0 Å². The van der Waals surface area contributed by atoms with Crippen LogP contribution in [0.1, 0.15) is 57.6 Å². The van der Waals surface area contributed by atoms with Gasteiger partial charge in [0, 0.05) is 55.6 Å². The first-order chi connectivity index (χ1) is 20.1. The molecule has 2 fully saturated rings. The summed E-state index contributed by atoms with van der Waals surface area (Å²) in [5, 5.41) is 15.1. The van der Waals surface area contributed by atoms with Gasteiger partial charge in [-0.05, 0) is 62.5 Å². The largest absolute Gasteiger partial charge is 0.490 e. The van der Waals surface area contributed by atoms with E-state index < -0.39 is 0 Å². The number of fused-ring (bicyclic) bond motifs is 1. The van der Waals surface area contributed by atoms with Crippen molar-refractivity contribution in [2.45, 2.75) is 64.6 Å². The van der Waals surface area contributed by atoms with E-state index in [0.29, 0.717) is 12.2 Å². The minimum Gasteiger partial charge on any atom is -0.490 e. The molecule has 9 nitrogen and oxygen atoms in total. The van der Waals surface area contributed by atoms with Gasteiger partial charge in [0.15, 0.2) is 0 Å². The molecule has 1 unspecified atom stereocenters. The molecule has 6 rings (SSSR count). The highest BCUT2D eigenvalue weighted by molar-refractivity contribution is 5.89. The normalized spacial score (nSPS) is 17.2. The Balaban J connectivity index is 0.00000165. The smallest absolute Gasteiger partial charge is 0.141 e. The molecule has 3 aromatic heterocycles. The van der Waals surface area contributed by atoms with Crippen LogP contribution in [0.3, 0.4) is 0 Å². The molecule has 1 atom stereocenters. The van der Waals surface area contributed by atoms with Crippen molar-refractivity contribution < 1.29 is 9.13 Å². The van der Waals surface area contributed by atoms with Gasteiger partial charge in [0.2, 0.25) is 0 Å². The number of hydrogen-bond acceptors (Lipinski definition) is 7. The summed E-state index contributed by atoms with van der Waals surface area (Å²) in [5.41, 5.74) is 3.48. The van der Waals surface area contributed by atoms with Gasteiger partial charge in [-0.3, -0.25) is 9.58 Å². The Hall–Kier alpha value is -3.81. The number of piperidine rings is 1. The molecule has 5 heterocycles. The van der Waals surface area contributed by atoms with Gasteiger partial charge in [-0.2, -0.15) is 10.4 Å². The number of aromatic amines is 1. The maximum atomic E-state index is 14.3. The SMILES string of the molecule is CC.N#CCC(CN1CCC(Oc2cc(F)cc(CN3CCCC3)c2)CC1)n1cc(-c2ncnc3[nH]ccc23)cn1. The lowest BCUT2D eigenvalue weighted by Crippen LogP contribution is -2.41. The molecule has 1 N–H and O–H groups in total.